The van der Waals surface area contributed by atoms with E-state index in [0.717, 1.165) is 17.2 Å². The van der Waals surface area contributed by atoms with Crippen LogP contribution in [-0.2, 0) is 16.1 Å². The third-order valence-corrected chi connectivity index (χ3v) is 6.29. The molecule has 0 radical (unpaired) electrons. The lowest BCUT2D eigenvalue weighted by Crippen LogP contribution is -2.28. The van der Waals surface area contributed by atoms with E-state index in [1.54, 1.807) is 0 Å². The van der Waals surface area contributed by atoms with Crippen LogP contribution in [0, 0.1) is 0 Å². The highest BCUT2D eigenvalue weighted by atomic mass is 32.2. The van der Waals surface area contributed by atoms with Gasteiger partial charge in [-0.05, 0) is 44.2 Å². The highest BCUT2D eigenvalue weighted by Gasteiger charge is 2.30. The number of carbonyl (C=O) groups excluding carboxylic acids is 1. The molecule has 30 heavy (non-hydrogen) atoms. The van der Waals surface area contributed by atoms with Gasteiger partial charge in [-0.3, -0.25) is 4.79 Å². The van der Waals surface area contributed by atoms with Crippen molar-refractivity contribution in [1.82, 2.24) is 4.57 Å². The van der Waals surface area contributed by atoms with Gasteiger partial charge in [0.15, 0.2) is 0 Å². The third kappa shape index (κ3) is 4.03. The van der Waals surface area contributed by atoms with Crippen molar-refractivity contribution in [3.05, 3.63) is 72.8 Å². The van der Waals surface area contributed by atoms with Crippen LogP contribution in [-0.4, -0.2) is 29.0 Å². The van der Waals surface area contributed by atoms with Gasteiger partial charge < -0.3 is 14.0 Å². The molecule has 0 aliphatic carbocycles. The number of benzene rings is 3. The first-order valence-corrected chi connectivity index (χ1v) is 10.8. The Hall–Kier alpha value is -2.92. The predicted molar refractivity (Wildman–Crippen MR) is 123 cm³/mol. The smallest absolute Gasteiger partial charge is 0.321 e. The molecule has 0 N–H and O–H groups in total. The number of esters is 1. The number of hydrogen-bond donors (Lipinski definition) is 0. The average Bonchev–Trinajstić information content (AvgIpc) is 3.07. The number of carbonyl (C=O) groups is 1. The van der Waals surface area contributed by atoms with Crippen molar-refractivity contribution in [1.29, 1.82) is 0 Å². The lowest BCUT2D eigenvalue weighted by molar-refractivity contribution is -0.142. The summed E-state index contributed by atoms with van der Waals surface area (Å²) in [5.41, 5.74) is 2.43. The third-order valence-electron chi connectivity index (χ3n) is 5.12. The average molecular weight is 420 g/mol. The molecule has 0 fully saturated rings. The van der Waals surface area contributed by atoms with Crippen LogP contribution in [0.15, 0.2) is 77.7 Å². The largest absolute Gasteiger partial charge is 0.492 e. The van der Waals surface area contributed by atoms with E-state index < -0.39 is 4.75 Å². The zero-order valence-electron chi connectivity index (χ0n) is 17.4. The fourth-order valence-corrected chi connectivity index (χ4v) is 4.79. The fraction of sp³-hybridized carbons (Fsp3) is 0.240. The van der Waals surface area contributed by atoms with Crippen molar-refractivity contribution in [2.45, 2.75) is 30.0 Å². The summed E-state index contributed by atoms with van der Waals surface area (Å²) in [6.07, 6.45) is 0. The molecule has 4 rings (SSSR count). The van der Waals surface area contributed by atoms with Gasteiger partial charge in [-0.15, -0.1) is 11.8 Å². The molecule has 154 valence electrons. The van der Waals surface area contributed by atoms with Crippen molar-refractivity contribution in [2.24, 2.45) is 0 Å². The molecule has 0 amide bonds. The second-order valence-corrected chi connectivity index (χ2v) is 9.31. The van der Waals surface area contributed by atoms with Gasteiger partial charge >= 0.3 is 5.97 Å². The second-order valence-electron chi connectivity index (χ2n) is 7.61. The number of para-hydroxylation sites is 2. The van der Waals surface area contributed by atoms with Gasteiger partial charge in [0.05, 0.1) is 13.7 Å². The van der Waals surface area contributed by atoms with E-state index in [0.29, 0.717) is 6.61 Å². The number of thioether (sulfide) groups is 1. The Labute approximate surface area is 180 Å². The highest BCUT2D eigenvalue weighted by molar-refractivity contribution is 8.01. The minimum Gasteiger partial charge on any atom is -0.492 e. The summed E-state index contributed by atoms with van der Waals surface area (Å²) >= 11 is 1.47. The molecule has 0 bridgehead atoms. The van der Waals surface area contributed by atoms with Gasteiger partial charge in [0, 0.05) is 26.7 Å². The summed E-state index contributed by atoms with van der Waals surface area (Å²) in [4.78, 5) is 12.9. The summed E-state index contributed by atoms with van der Waals surface area (Å²) in [6.45, 7) is 5.02. The maximum atomic E-state index is 12.0. The molecule has 0 saturated carbocycles. The normalized spacial score (nSPS) is 11.7. The highest BCUT2D eigenvalue weighted by Crippen LogP contribution is 2.35. The van der Waals surface area contributed by atoms with Crippen LogP contribution in [0.25, 0.3) is 21.8 Å². The molecular formula is C25H25NO3S. The van der Waals surface area contributed by atoms with Crippen LogP contribution in [0.1, 0.15) is 13.8 Å². The number of methoxy groups -OCH3 is 1. The van der Waals surface area contributed by atoms with Crippen LogP contribution in [0.3, 0.4) is 0 Å². The van der Waals surface area contributed by atoms with Crippen LogP contribution in [0.2, 0.25) is 0 Å². The summed E-state index contributed by atoms with van der Waals surface area (Å²) in [7, 11) is 1.42. The molecule has 0 aliphatic rings. The maximum Gasteiger partial charge on any atom is 0.321 e. The predicted octanol–water partition coefficient (Wildman–Crippen LogP) is 5.92. The SMILES string of the molecule is COC(=O)C(C)(C)Sc1cccc(OCCn2c3ccccc3c3ccccc32)c1. The molecule has 0 spiro atoms. The first-order valence-electron chi connectivity index (χ1n) is 9.96. The summed E-state index contributed by atoms with van der Waals surface area (Å²) in [5, 5.41) is 2.52. The number of hydrogen-bond acceptors (Lipinski definition) is 4. The van der Waals surface area contributed by atoms with Crippen molar-refractivity contribution < 1.29 is 14.3 Å². The van der Waals surface area contributed by atoms with Crippen molar-refractivity contribution in [2.75, 3.05) is 13.7 Å². The van der Waals surface area contributed by atoms with E-state index in [2.05, 4.69) is 53.1 Å². The van der Waals surface area contributed by atoms with Crippen LogP contribution in [0.5, 0.6) is 5.75 Å². The van der Waals surface area contributed by atoms with E-state index in [1.165, 1.54) is 40.7 Å². The Morgan fingerprint density at radius 3 is 2.20 bits per heavy atom. The molecule has 0 aliphatic heterocycles. The van der Waals surface area contributed by atoms with Gasteiger partial charge in [0.1, 0.15) is 17.1 Å². The number of aromatic nitrogens is 1. The van der Waals surface area contributed by atoms with E-state index >= 15 is 0 Å². The molecule has 5 heteroatoms. The zero-order chi connectivity index (χ0) is 21.1. The lowest BCUT2D eigenvalue weighted by atomic mass is 10.2. The molecule has 0 unspecified atom stereocenters. The first-order chi connectivity index (χ1) is 14.5. The molecule has 1 aromatic heterocycles. The minimum atomic E-state index is -0.656. The number of fused-ring (bicyclic) bond motifs is 3. The van der Waals surface area contributed by atoms with Crippen LogP contribution in [0.4, 0.5) is 0 Å². The molecule has 4 aromatic rings. The Morgan fingerprint density at radius 1 is 0.933 bits per heavy atom. The molecule has 1 heterocycles. The van der Waals surface area contributed by atoms with Crippen LogP contribution < -0.4 is 4.74 Å². The standard InChI is InChI=1S/C25H25NO3S/c1-25(2,24(27)28-3)30-19-10-8-9-18(17-19)29-16-15-26-22-13-6-4-11-20(22)21-12-5-7-14-23(21)26/h4-14,17H,15-16H2,1-3H3. The maximum absolute atomic E-state index is 12.0. The number of ether oxygens (including phenoxy) is 2. The Morgan fingerprint density at radius 2 is 1.57 bits per heavy atom. The molecule has 0 saturated heterocycles. The van der Waals surface area contributed by atoms with E-state index in [4.69, 9.17) is 9.47 Å². The van der Waals surface area contributed by atoms with Crippen molar-refractivity contribution in [3.63, 3.8) is 0 Å². The Balaban J connectivity index is 1.49. The summed E-state index contributed by atoms with van der Waals surface area (Å²) < 4.78 is 12.6. The quantitative estimate of drug-likeness (QED) is 0.275. The Kier molecular flexibility index (Phi) is 5.73. The van der Waals surface area contributed by atoms with Gasteiger partial charge in [0.2, 0.25) is 0 Å². The second kappa shape index (κ2) is 8.44. The monoisotopic (exact) mass is 419 g/mol. The fourth-order valence-electron chi connectivity index (χ4n) is 3.71. The zero-order valence-corrected chi connectivity index (χ0v) is 18.2. The molecular weight excluding hydrogens is 394 g/mol. The Bertz CT molecular complexity index is 1140. The van der Waals surface area contributed by atoms with Crippen LogP contribution >= 0.6 is 11.8 Å². The number of nitrogens with zero attached hydrogens (tertiary/aromatic N) is 1. The minimum absolute atomic E-state index is 0.245. The van der Waals surface area contributed by atoms with E-state index in [1.807, 2.05) is 38.1 Å². The van der Waals surface area contributed by atoms with Gasteiger partial charge in [-0.25, -0.2) is 0 Å². The van der Waals surface area contributed by atoms with Crippen molar-refractivity contribution >= 4 is 39.5 Å². The van der Waals surface area contributed by atoms with Crippen molar-refractivity contribution in [3.8, 4) is 5.75 Å². The summed E-state index contributed by atoms with van der Waals surface area (Å²) in [6, 6.07) is 24.8. The van der Waals surface area contributed by atoms with Gasteiger partial charge in [-0.1, -0.05) is 42.5 Å². The first kappa shape index (κ1) is 20.4. The van der Waals surface area contributed by atoms with Gasteiger partial charge in [0.25, 0.3) is 0 Å². The summed E-state index contributed by atoms with van der Waals surface area (Å²) in [5.74, 6) is 0.548. The molecule has 0 atom stereocenters. The molecule has 3 aromatic carbocycles. The van der Waals surface area contributed by atoms with E-state index in [-0.39, 0.29) is 5.97 Å². The topological polar surface area (TPSA) is 40.5 Å². The number of rotatable bonds is 7. The van der Waals surface area contributed by atoms with Gasteiger partial charge in [-0.2, -0.15) is 0 Å². The van der Waals surface area contributed by atoms with E-state index in [9.17, 15) is 4.79 Å². The molecule has 4 nitrogen and oxygen atoms in total. The lowest BCUT2D eigenvalue weighted by Gasteiger charge is -2.21.